The molecule has 0 saturated carbocycles. The molecule has 2 aliphatic heterocycles. The fraction of sp³-hybridized carbons (Fsp3) is 0.529. The molecule has 0 aromatic heterocycles. The lowest BCUT2D eigenvalue weighted by Gasteiger charge is -2.36. The van der Waals surface area contributed by atoms with Crippen molar-refractivity contribution in [2.45, 2.75) is 36.6 Å². The van der Waals surface area contributed by atoms with Crippen molar-refractivity contribution in [1.29, 1.82) is 0 Å². The van der Waals surface area contributed by atoms with E-state index in [-0.39, 0.29) is 4.90 Å². The fourth-order valence-corrected chi connectivity index (χ4v) is 4.78. The first-order valence-corrected chi connectivity index (χ1v) is 10.1. The second-order valence-electron chi connectivity index (χ2n) is 6.44. The van der Waals surface area contributed by atoms with Gasteiger partial charge in [-0.05, 0) is 63.0 Å². The topological polar surface area (TPSA) is 115 Å². The third kappa shape index (κ3) is 5.72. The summed E-state index contributed by atoms with van der Waals surface area (Å²) >= 11 is 0. The first kappa shape index (κ1) is 21.3. The third-order valence-corrected chi connectivity index (χ3v) is 6.63. The SMILES string of the molecule is O=C(O)C(=O)O.O=S(=O)(c1ccc(F)cc1)N1CCC(N2CCCC2)CC1. The van der Waals surface area contributed by atoms with Crippen LogP contribution in [0.3, 0.4) is 0 Å². The van der Waals surface area contributed by atoms with Gasteiger partial charge in [-0.1, -0.05) is 0 Å². The Bertz CT molecular complexity index is 742. The highest BCUT2D eigenvalue weighted by Crippen LogP contribution is 2.25. The monoisotopic (exact) mass is 402 g/mol. The molecule has 2 saturated heterocycles. The van der Waals surface area contributed by atoms with Crippen LogP contribution in [0.5, 0.6) is 0 Å². The maximum atomic E-state index is 12.9. The summed E-state index contributed by atoms with van der Waals surface area (Å²) in [6.45, 7) is 3.41. The third-order valence-electron chi connectivity index (χ3n) is 4.71. The Hall–Kier alpha value is -2.04. The molecule has 2 N–H and O–H groups in total. The quantitative estimate of drug-likeness (QED) is 0.731. The van der Waals surface area contributed by atoms with Crippen molar-refractivity contribution in [2.75, 3.05) is 26.2 Å². The van der Waals surface area contributed by atoms with E-state index in [0.717, 1.165) is 25.9 Å². The standard InChI is InChI=1S/C15H21FN2O2S.C2H2O4/c16-13-3-5-15(6-4-13)21(19,20)18-11-7-14(8-12-18)17-9-1-2-10-17;3-1(4)2(5)6/h3-6,14H,1-2,7-12H2;(H,3,4)(H,5,6). The van der Waals surface area contributed by atoms with Gasteiger partial charge in [0.25, 0.3) is 0 Å². The molecule has 10 heteroatoms. The lowest BCUT2D eigenvalue weighted by atomic mass is 10.1. The number of hydrogen-bond donors (Lipinski definition) is 2. The zero-order valence-electron chi connectivity index (χ0n) is 14.8. The molecule has 0 bridgehead atoms. The minimum atomic E-state index is -3.48. The van der Waals surface area contributed by atoms with Gasteiger partial charge in [0.05, 0.1) is 4.90 Å². The van der Waals surface area contributed by atoms with Gasteiger partial charge < -0.3 is 15.1 Å². The summed E-state index contributed by atoms with van der Waals surface area (Å²) in [5.74, 6) is -4.06. The van der Waals surface area contributed by atoms with Gasteiger partial charge in [0, 0.05) is 19.1 Å². The van der Waals surface area contributed by atoms with Gasteiger partial charge in [-0.3, -0.25) is 0 Å². The maximum Gasteiger partial charge on any atom is 0.414 e. The summed E-state index contributed by atoms with van der Waals surface area (Å²) in [6.07, 6.45) is 4.29. The number of likely N-dealkylation sites (tertiary alicyclic amines) is 1. The van der Waals surface area contributed by atoms with Crippen molar-refractivity contribution >= 4 is 22.0 Å². The predicted octanol–water partition coefficient (Wildman–Crippen LogP) is 1.23. The highest BCUT2D eigenvalue weighted by molar-refractivity contribution is 7.89. The van der Waals surface area contributed by atoms with Gasteiger partial charge >= 0.3 is 11.9 Å². The number of rotatable bonds is 3. The molecule has 0 spiro atoms. The number of halogens is 1. The van der Waals surface area contributed by atoms with Crippen LogP contribution in [0.25, 0.3) is 0 Å². The van der Waals surface area contributed by atoms with E-state index in [1.807, 2.05) is 0 Å². The molecule has 27 heavy (non-hydrogen) atoms. The van der Waals surface area contributed by atoms with Crippen LogP contribution in [0.2, 0.25) is 0 Å². The normalized spacial score (nSPS) is 19.3. The van der Waals surface area contributed by atoms with Gasteiger partial charge in [-0.25, -0.2) is 22.4 Å². The molecular weight excluding hydrogens is 379 g/mol. The summed E-state index contributed by atoms with van der Waals surface area (Å²) in [5, 5.41) is 14.8. The molecule has 150 valence electrons. The van der Waals surface area contributed by atoms with E-state index in [1.165, 1.54) is 41.4 Å². The summed E-state index contributed by atoms with van der Waals surface area (Å²) in [7, 11) is -3.48. The summed E-state index contributed by atoms with van der Waals surface area (Å²) < 4.78 is 39.5. The van der Waals surface area contributed by atoms with Gasteiger partial charge in [-0.15, -0.1) is 0 Å². The van der Waals surface area contributed by atoms with Crippen LogP contribution in [0.4, 0.5) is 4.39 Å². The van der Waals surface area contributed by atoms with E-state index in [2.05, 4.69) is 4.90 Å². The number of carboxylic acid groups (broad SMARTS) is 2. The average molecular weight is 402 g/mol. The Morgan fingerprint density at radius 3 is 1.85 bits per heavy atom. The van der Waals surface area contributed by atoms with Crippen LogP contribution in [0.1, 0.15) is 25.7 Å². The Labute approximate surface area is 157 Å². The van der Waals surface area contributed by atoms with Crippen molar-refractivity contribution in [3.63, 3.8) is 0 Å². The zero-order valence-corrected chi connectivity index (χ0v) is 15.6. The molecule has 0 unspecified atom stereocenters. The van der Waals surface area contributed by atoms with Gasteiger partial charge in [0.15, 0.2) is 0 Å². The first-order valence-electron chi connectivity index (χ1n) is 8.68. The van der Waals surface area contributed by atoms with Gasteiger partial charge in [0.1, 0.15) is 5.82 Å². The lowest BCUT2D eigenvalue weighted by Crippen LogP contribution is -2.45. The zero-order chi connectivity index (χ0) is 20.0. The average Bonchev–Trinajstić information content (AvgIpc) is 3.17. The second kappa shape index (κ2) is 9.25. The van der Waals surface area contributed by atoms with Crippen LogP contribution in [0, 0.1) is 5.82 Å². The fourth-order valence-electron chi connectivity index (χ4n) is 3.31. The largest absolute Gasteiger partial charge is 0.473 e. The number of carbonyl (C=O) groups is 2. The van der Waals surface area contributed by atoms with E-state index in [0.29, 0.717) is 19.1 Å². The van der Waals surface area contributed by atoms with Crippen molar-refractivity contribution in [1.82, 2.24) is 9.21 Å². The molecule has 0 radical (unpaired) electrons. The highest BCUT2D eigenvalue weighted by Gasteiger charge is 2.32. The summed E-state index contributed by atoms with van der Waals surface area (Å²) in [4.78, 5) is 20.9. The van der Waals surface area contributed by atoms with Crippen molar-refractivity contribution in [2.24, 2.45) is 0 Å². The molecule has 8 nitrogen and oxygen atoms in total. The molecular formula is C17H23FN2O6S. The minimum absolute atomic E-state index is 0.184. The Balaban J connectivity index is 0.000000380. The Morgan fingerprint density at radius 2 is 1.41 bits per heavy atom. The molecule has 2 heterocycles. The molecule has 2 aliphatic rings. The van der Waals surface area contributed by atoms with Crippen molar-refractivity contribution in [3.8, 4) is 0 Å². The van der Waals surface area contributed by atoms with Crippen molar-refractivity contribution in [3.05, 3.63) is 30.1 Å². The van der Waals surface area contributed by atoms with Gasteiger partial charge in [-0.2, -0.15) is 4.31 Å². The number of benzene rings is 1. The van der Waals surface area contributed by atoms with Crippen LogP contribution in [0.15, 0.2) is 29.2 Å². The summed E-state index contributed by atoms with van der Waals surface area (Å²) in [5.41, 5.74) is 0. The van der Waals surface area contributed by atoms with E-state index < -0.39 is 27.8 Å². The predicted molar refractivity (Wildman–Crippen MR) is 94.3 cm³/mol. The van der Waals surface area contributed by atoms with E-state index in [9.17, 15) is 12.8 Å². The molecule has 1 aromatic rings. The van der Waals surface area contributed by atoms with Gasteiger partial charge in [0.2, 0.25) is 10.0 Å². The van der Waals surface area contributed by atoms with E-state index in [4.69, 9.17) is 19.8 Å². The maximum absolute atomic E-state index is 12.9. The number of piperidine rings is 1. The number of sulfonamides is 1. The second-order valence-corrected chi connectivity index (χ2v) is 8.38. The lowest BCUT2D eigenvalue weighted by molar-refractivity contribution is -0.159. The first-order chi connectivity index (χ1) is 12.7. The molecule has 2 fully saturated rings. The van der Waals surface area contributed by atoms with Crippen LogP contribution >= 0.6 is 0 Å². The molecule has 3 rings (SSSR count). The Morgan fingerprint density at radius 1 is 0.926 bits per heavy atom. The van der Waals surface area contributed by atoms with Crippen LogP contribution < -0.4 is 0 Å². The highest BCUT2D eigenvalue weighted by atomic mass is 32.2. The summed E-state index contributed by atoms with van der Waals surface area (Å²) in [6, 6.07) is 5.61. The van der Waals surface area contributed by atoms with Crippen LogP contribution in [-0.2, 0) is 19.6 Å². The molecule has 0 atom stereocenters. The number of carboxylic acids is 2. The Kier molecular flexibility index (Phi) is 7.28. The molecule has 1 aromatic carbocycles. The van der Waals surface area contributed by atoms with Crippen LogP contribution in [-0.4, -0.2) is 72.0 Å². The minimum Gasteiger partial charge on any atom is -0.473 e. The van der Waals surface area contributed by atoms with E-state index >= 15 is 0 Å². The molecule has 0 aliphatic carbocycles. The van der Waals surface area contributed by atoms with Crippen molar-refractivity contribution < 1.29 is 32.6 Å². The molecule has 0 amide bonds. The van der Waals surface area contributed by atoms with E-state index in [1.54, 1.807) is 0 Å². The smallest absolute Gasteiger partial charge is 0.414 e. The number of nitrogens with zero attached hydrogens (tertiary/aromatic N) is 2. The number of aliphatic carboxylic acids is 2. The number of hydrogen-bond acceptors (Lipinski definition) is 5.